The number of hydrogen-bond acceptors (Lipinski definition) is 5. The predicted octanol–water partition coefficient (Wildman–Crippen LogP) is 5.13. The zero-order valence-corrected chi connectivity index (χ0v) is 18.7. The molecule has 1 aliphatic heterocycles. The molecule has 2 heterocycles. The molecule has 0 spiro atoms. The summed E-state index contributed by atoms with van der Waals surface area (Å²) in [6, 6.07) is 12.3. The molecular weight excluding hydrogens is 429 g/mol. The number of halogens is 1. The largest absolute Gasteiger partial charge is 0.507 e. The third-order valence-corrected chi connectivity index (χ3v) is 6.54. The molecule has 0 saturated carbocycles. The van der Waals surface area contributed by atoms with Gasteiger partial charge < -0.3 is 14.7 Å². The lowest BCUT2D eigenvalue weighted by atomic mass is 9.96. The predicted molar refractivity (Wildman–Crippen MR) is 121 cm³/mol. The van der Waals surface area contributed by atoms with Gasteiger partial charge in [-0.3, -0.25) is 9.59 Å². The number of aliphatic hydroxyl groups excluding tert-OH is 1. The molecule has 3 aromatic rings. The van der Waals surface area contributed by atoms with Crippen molar-refractivity contribution in [3.63, 3.8) is 0 Å². The van der Waals surface area contributed by atoms with Gasteiger partial charge in [-0.05, 0) is 66.2 Å². The standard InChI is InChI=1S/C25H22FNO4S/c1-14-12-19(31-3)15(2)11-18(14)23(28)21-22(20-5-4-10-32-20)27(25(30)24(21)29)13-16-6-8-17(26)9-7-16/h4-12,22,28H,13H2,1-3H3/b23-21-. The van der Waals surface area contributed by atoms with Crippen LogP contribution >= 0.6 is 11.3 Å². The quantitative estimate of drug-likeness (QED) is 0.332. The molecule has 1 aromatic heterocycles. The van der Waals surface area contributed by atoms with E-state index in [9.17, 15) is 19.1 Å². The second kappa shape index (κ2) is 8.59. The molecule has 0 bridgehead atoms. The Morgan fingerprint density at radius 1 is 1.12 bits per heavy atom. The topological polar surface area (TPSA) is 66.8 Å². The number of carbonyl (C=O) groups excluding carboxylic acids is 2. The molecule has 1 atom stereocenters. The van der Waals surface area contributed by atoms with Crippen molar-refractivity contribution < 1.29 is 23.8 Å². The average molecular weight is 452 g/mol. The number of hydrogen-bond donors (Lipinski definition) is 1. The van der Waals surface area contributed by atoms with Crippen molar-refractivity contribution in [1.29, 1.82) is 0 Å². The number of Topliss-reactive ketones (excluding diaryl/α,β-unsaturated/α-hetero) is 1. The van der Waals surface area contributed by atoms with Gasteiger partial charge >= 0.3 is 0 Å². The molecule has 2 aromatic carbocycles. The van der Waals surface area contributed by atoms with Crippen LogP contribution in [0.2, 0.25) is 0 Å². The number of ether oxygens (including phenoxy) is 1. The van der Waals surface area contributed by atoms with Gasteiger partial charge in [0.2, 0.25) is 0 Å². The molecular formula is C25H22FNO4S. The van der Waals surface area contributed by atoms with E-state index in [4.69, 9.17) is 4.74 Å². The third kappa shape index (κ3) is 3.80. The van der Waals surface area contributed by atoms with Gasteiger partial charge in [0.15, 0.2) is 0 Å². The van der Waals surface area contributed by atoms with Crippen LogP contribution in [-0.2, 0) is 16.1 Å². The monoisotopic (exact) mass is 451 g/mol. The van der Waals surface area contributed by atoms with Gasteiger partial charge in [0.25, 0.3) is 11.7 Å². The van der Waals surface area contributed by atoms with Crippen LogP contribution in [0.3, 0.4) is 0 Å². The van der Waals surface area contributed by atoms with Crippen LogP contribution in [0.1, 0.15) is 33.2 Å². The van der Waals surface area contributed by atoms with Gasteiger partial charge in [-0.1, -0.05) is 18.2 Å². The van der Waals surface area contributed by atoms with Crippen molar-refractivity contribution in [3.8, 4) is 5.75 Å². The Kier molecular flexibility index (Phi) is 5.84. The summed E-state index contributed by atoms with van der Waals surface area (Å²) in [7, 11) is 1.57. The lowest BCUT2D eigenvalue weighted by Gasteiger charge is -2.24. The molecule has 4 rings (SSSR count). The Morgan fingerprint density at radius 2 is 1.84 bits per heavy atom. The Morgan fingerprint density at radius 3 is 2.47 bits per heavy atom. The first-order chi connectivity index (χ1) is 15.3. The van der Waals surface area contributed by atoms with E-state index in [2.05, 4.69) is 0 Å². The molecule has 1 unspecified atom stereocenters. The number of amides is 1. The Labute approximate surface area is 189 Å². The van der Waals surface area contributed by atoms with Gasteiger partial charge in [0, 0.05) is 17.0 Å². The van der Waals surface area contributed by atoms with E-state index < -0.39 is 17.7 Å². The molecule has 1 fully saturated rings. The summed E-state index contributed by atoms with van der Waals surface area (Å²) >= 11 is 1.40. The number of likely N-dealkylation sites (tertiary alicyclic amines) is 1. The van der Waals surface area contributed by atoms with Crippen molar-refractivity contribution >= 4 is 28.8 Å². The normalized spacial score (nSPS) is 17.8. The van der Waals surface area contributed by atoms with E-state index in [-0.39, 0.29) is 23.7 Å². The zero-order chi connectivity index (χ0) is 23.0. The SMILES string of the molecule is COc1cc(C)c(/C(O)=C2/C(=O)C(=O)N(Cc3ccc(F)cc3)C2c2cccs2)cc1C. The average Bonchev–Trinajstić information content (AvgIpc) is 3.39. The zero-order valence-electron chi connectivity index (χ0n) is 17.9. The number of aryl methyl sites for hydroxylation is 2. The second-order valence-electron chi connectivity index (χ2n) is 7.71. The van der Waals surface area contributed by atoms with Gasteiger partial charge in [-0.25, -0.2) is 4.39 Å². The maximum atomic E-state index is 13.3. The number of nitrogens with zero attached hydrogens (tertiary/aromatic N) is 1. The number of aliphatic hydroxyl groups is 1. The molecule has 1 saturated heterocycles. The molecule has 32 heavy (non-hydrogen) atoms. The highest BCUT2D eigenvalue weighted by Crippen LogP contribution is 2.42. The van der Waals surface area contributed by atoms with Gasteiger partial charge in [0.1, 0.15) is 17.3 Å². The highest BCUT2D eigenvalue weighted by atomic mass is 32.1. The molecule has 1 amide bonds. The van der Waals surface area contributed by atoms with Crippen LogP contribution in [0.5, 0.6) is 5.75 Å². The number of ketones is 1. The molecule has 0 radical (unpaired) electrons. The summed E-state index contributed by atoms with van der Waals surface area (Å²) < 4.78 is 18.7. The first kappa shape index (κ1) is 21.8. The maximum Gasteiger partial charge on any atom is 0.295 e. The lowest BCUT2D eigenvalue weighted by molar-refractivity contribution is -0.140. The summed E-state index contributed by atoms with van der Waals surface area (Å²) in [6.45, 7) is 3.77. The second-order valence-corrected chi connectivity index (χ2v) is 8.68. The Balaban J connectivity index is 1.85. The molecule has 0 aliphatic carbocycles. The van der Waals surface area contributed by atoms with Crippen LogP contribution in [0.15, 0.2) is 59.5 Å². The minimum absolute atomic E-state index is 0.0484. The fraction of sp³-hybridized carbons (Fsp3) is 0.200. The van der Waals surface area contributed by atoms with E-state index in [1.54, 1.807) is 31.4 Å². The van der Waals surface area contributed by atoms with Crippen molar-refractivity contribution in [2.75, 3.05) is 7.11 Å². The fourth-order valence-electron chi connectivity index (χ4n) is 3.98. The van der Waals surface area contributed by atoms with Gasteiger partial charge in [-0.15, -0.1) is 11.3 Å². The molecule has 7 heteroatoms. The number of rotatable bonds is 5. The summed E-state index contributed by atoms with van der Waals surface area (Å²) in [5, 5.41) is 13.1. The lowest BCUT2D eigenvalue weighted by Crippen LogP contribution is -2.28. The van der Waals surface area contributed by atoms with Gasteiger partial charge in [0.05, 0.1) is 18.7 Å². The highest BCUT2D eigenvalue weighted by molar-refractivity contribution is 7.10. The van der Waals surface area contributed by atoms with Crippen LogP contribution in [0, 0.1) is 19.7 Å². The summed E-state index contributed by atoms with van der Waals surface area (Å²) in [5.74, 6) is -1.36. The van der Waals surface area contributed by atoms with E-state index >= 15 is 0 Å². The number of methoxy groups -OCH3 is 1. The fourth-order valence-corrected chi connectivity index (χ4v) is 4.83. The summed E-state index contributed by atoms with van der Waals surface area (Å²) in [6.07, 6.45) is 0. The van der Waals surface area contributed by atoms with E-state index in [0.29, 0.717) is 16.9 Å². The highest BCUT2D eigenvalue weighted by Gasteiger charge is 2.46. The maximum absolute atomic E-state index is 13.3. The van der Waals surface area contributed by atoms with Crippen molar-refractivity contribution in [3.05, 3.63) is 92.4 Å². The number of carbonyl (C=O) groups is 2. The Hall–Kier alpha value is -3.45. The van der Waals surface area contributed by atoms with Crippen LogP contribution < -0.4 is 4.74 Å². The summed E-state index contributed by atoms with van der Waals surface area (Å²) in [5.41, 5.74) is 2.73. The van der Waals surface area contributed by atoms with Crippen molar-refractivity contribution in [2.45, 2.75) is 26.4 Å². The minimum atomic E-state index is -0.740. The first-order valence-corrected chi connectivity index (χ1v) is 10.9. The van der Waals surface area contributed by atoms with Crippen molar-refractivity contribution in [1.82, 2.24) is 4.90 Å². The number of thiophene rings is 1. The number of benzene rings is 2. The Bertz CT molecular complexity index is 1220. The van der Waals surface area contributed by atoms with Crippen LogP contribution in [0.4, 0.5) is 4.39 Å². The third-order valence-electron chi connectivity index (χ3n) is 5.62. The molecule has 1 N–H and O–H groups in total. The molecule has 5 nitrogen and oxygen atoms in total. The van der Waals surface area contributed by atoms with Crippen LogP contribution in [0.25, 0.3) is 5.76 Å². The van der Waals surface area contributed by atoms with Gasteiger partial charge in [-0.2, -0.15) is 0 Å². The van der Waals surface area contributed by atoms with E-state index in [1.165, 1.54) is 28.4 Å². The van der Waals surface area contributed by atoms with Crippen LogP contribution in [-0.4, -0.2) is 28.8 Å². The molecule has 1 aliphatic rings. The van der Waals surface area contributed by atoms with E-state index in [1.807, 2.05) is 31.4 Å². The molecule has 164 valence electrons. The minimum Gasteiger partial charge on any atom is -0.507 e. The van der Waals surface area contributed by atoms with E-state index in [0.717, 1.165) is 16.0 Å². The first-order valence-electron chi connectivity index (χ1n) is 10.0. The summed E-state index contributed by atoms with van der Waals surface area (Å²) in [4.78, 5) is 28.3. The smallest absolute Gasteiger partial charge is 0.295 e. The van der Waals surface area contributed by atoms with Crippen molar-refractivity contribution in [2.24, 2.45) is 0 Å².